The van der Waals surface area contributed by atoms with Gasteiger partial charge < -0.3 is 15.0 Å². The third kappa shape index (κ3) is 2.59. The smallest absolute Gasteiger partial charge is 0.274 e. The zero-order valence-electron chi connectivity index (χ0n) is 10.7. The van der Waals surface area contributed by atoms with Crippen LogP contribution in [-0.2, 0) is 4.74 Å². The molecule has 6 nitrogen and oxygen atoms in total. The minimum atomic E-state index is -0.0692. The number of carbonyl (C=O) groups is 1. The maximum Gasteiger partial charge on any atom is 0.274 e. The Kier molecular flexibility index (Phi) is 4.09. The number of amides is 1. The van der Waals surface area contributed by atoms with Crippen LogP contribution in [0.15, 0.2) is 12.1 Å². The van der Waals surface area contributed by atoms with Gasteiger partial charge in [0.15, 0.2) is 5.69 Å². The number of nitrogens with one attached hydrogen (secondary N) is 1. The SMILES string of the molecule is CCC1COCCN1C(=O)c1ccc(NC)nn1. The largest absolute Gasteiger partial charge is 0.377 e. The molecule has 0 radical (unpaired) electrons. The first-order chi connectivity index (χ1) is 8.76. The lowest BCUT2D eigenvalue weighted by Crippen LogP contribution is -2.48. The molecule has 18 heavy (non-hydrogen) atoms. The maximum atomic E-state index is 12.3. The van der Waals surface area contributed by atoms with Crippen molar-refractivity contribution in [1.29, 1.82) is 0 Å². The summed E-state index contributed by atoms with van der Waals surface area (Å²) in [6, 6.07) is 3.59. The van der Waals surface area contributed by atoms with Crippen molar-refractivity contribution in [2.75, 3.05) is 32.1 Å². The topological polar surface area (TPSA) is 67.3 Å². The lowest BCUT2D eigenvalue weighted by molar-refractivity contribution is -0.00316. The first-order valence-electron chi connectivity index (χ1n) is 6.16. The highest BCUT2D eigenvalue weighted by atomic mass is 16.5. The Hall–Kier alpha value is -1.69. The molecule has 1 fully saturated rings. The van der Waals surface area contributed by atoms with E-state index in [0.717, 1.165) is 6.42 Å². The van der Waals surface area contributed by atoms with E-state index in [1.807, 2.05) is 4.90 Å². The minimum absolute atomic E-state index is 0.0692. The van der Waals surface area contributed by atoms with Gasteiger partial charge in [0, 0.05) is 13.6 Å². The van der Waals surface area contributed by atoms with Crippen molar-refractivity contribution in [3.05, 3.63) is 17.8 Å². The zero-order chi connectivity index (χ0) is 13.0. The normalized spacial score (nSPS) is 19.7. The van der Waals surface area contributed by atoms with Gasteiger partial charge in [-0.3, -0.25) is 4.79 Å². The number of hydrogen-bond donors (Lipinski definition) is 1. The van der Waals surface area contributed by atoms with Gasteiger partial charge in [0.2, 0.25) is 0 Å². The fraction of sp³-hybridized carbons (Fsp3) is 0.583. The highest BCUT2D eigenvalue weighted by molar-refractivity contribution is 5.92. The third-order valence-corrected chi connectivity index (χ3v) is 3.10. The molecule has 1 amide bonds. The second-order valence-corrected chi connectivity index (χ2v) is 4.19. The van der Waals surface area contributed by atoms with E-state index >= 15 is 0 Å². The van der Waals surface area contributed by atoms with E-state index in [4.69, 9.17) is 4.74 Å². The zero-order valence-corrected chi connectivity index (χ0v) is 10.7. The molecule has 1 unspecified atom stereocenters. The van der Waals surface area contributed by atoms with Gasteiger partial charge in [0.1, 0.15) is 5.82 Å². The van der Waals surface area contributed by atoms with Crippen LogP contribution in [-0.4, -0.2) is 53.9 Å². The van der Waals surface area contributed by atoms with Crippen LogP contribution >= 0.6 is 0 Å². The molecular formula is C12H18N4O2. The average molecular weight is 250 g/mol. The first-order valence-corrected chi connectivity index (χ1v) is 6.16. The molecule has 0 bridgehead atoms. The monoisotopic (exact) mass is 250 g/mol. The highest BCUT2D eigenvalue weighted by Crippen LogP contribution is 2.14. The number of nitrogens with zero attached hydrogens (tertiary/aromatic N) is 3. The molecule has 0 saturated carbocycles. The Morgan fingerprint density at radius 3 is 3.00 bits per heavy atom. The number of aromatic nitrogens is 2. The van der Waals surface area contributed by atoms with E-state index in [1.165, 1.54) is 0 Å². The molecule has 0 spiro atoms. The van der Waals surface area contributed by atoms with Gasteiger partial charge in [0.25, 0.3) is 5.91 Å². The maximum absolute atomic E-state index is 12.3. The summed E-state index contributed by atoms with van der Waals surface area (Å²) in [5, 5.41) is 10.7. The summed E-state index contributed by atoms with van der Waals surface area (Å²) < 4.78 is 5.39. The standard InChI is InChI=1S/C12H18N4O2/c1-3-9-8-18-7-6-16(9)12(17)10-4-5-11(13-2)15-14-10/h4-5,9H,3,6-8H2,1-2H3,(H,13,15). The fourth-order valence-corrected chi connectivity index (χ4v) is 1.99. The van der Waals surface area contributed by atoms with Gasteiger partial charge in [-0.25, -0.2) is 0 Å². The molecule has 1 aromatic rings. The Morgan fingerprint density at radius 1 is 1.56 bits per heavy atom. The summed E-state index contributed by atoms with van der Waals surface area (Å²) in [5.41, 5.74) is 0.384. The summed E-state index contributed by atoms with van der Waals surface area (Å²) >= 11 is 0. The lowest BCUT2D eigenvalue weighted by atomic mass is 10.1. The molecule has 6 heteroatoms. The fourth-order valence-electron chi connectivity index (χ4n) is 1.99. The Balaban J connectivity index is 2.13. The summed E-state index contributed by atoms with van der Waals surface area (Å²) in [4.78, 5) is 14.1. The van der Waals surface area contributed by atoms with Crippen molar-refractivity contribution in [2.45, 2.75) is 19.4 Å². The predicted octanol–water partition coefficient (Wildman–Crippen LogP) is 0.769. The van der Waals surface area contributed by atoms with Gasteiger partial charge >= 0.3 is 0 Å². The molecule has 1 aromatic heterocycles. The van der Waals surface area contributed by atoms with Crippen molar-refractivity contribution >= 4 is 11.7 Å². The second-order valence-electron chi connectivity index (χ2n) is 4.19. The Labute approximate surface area is 106 Å². The van der Waals surface area contributed by atoms with E-state index in [9.17, 15) is 4.79 Å². The lowest BCUT2D eigenvalue weighted by Gasteiger charge is -2.34. The molecule has 1 aliphatic rings. The van der Waals surface area contributed by atoms with Crippen LogP contribution < -0.4 is 5.32 Å². The van der Waals surface area contributed by atoms with E-state index in [0.29, 0.717) is 31.3 Å². The van der Waals surface area contributed by atoms with Gasteiger partial charge in [0.05, 0.1) is 19.3 Å². The summed E-state index contributed by atoms with van der Waals surface area (Å²) in [6.07, 6.45) is 0.883. The summed E-state index contributed by atoms with van der Waals surface area (Å²) in [7, 11) is 1.76. The number of hydrogen-bond acceptors (Lipinski definition) is 5. The molecule has 1 saturated heterocycles. The molecule has 0 aliphatic carbocycles. The van der Waals surface area contributed by atoms with Crippen LogP contribution in [0.5, 0.6) is 0 Å². The Bertz CT molecular complexity index is 407. The van der Waals surface area contributed by atoms with Crippen molar-refractivity contribution in [2.24, 2.45) is 0 Å². The Morgan fingerprint density at radius 2 is 2.39 bits per heavy atom. The van der Waals surface area contributed by atoms with Crippen molar-refractivity contribution in [1.82, 2.24) is 15.1 Å². The molecule has 98 valence electrons. The van der Waals surface area contributed by atoms with Crippen molar-refractivity contribution < 1.29 is 9.53 Å². The number of anilines is 1. The van der Waals surface area contributed by atoms with Gasteiger partial charge in [-0.1, -0.05) is 6.92 Å². The number of carbonyl (C=O) groups excluding carboxylic acids is 1. The molecule has 1 N–H and O–H groups in total. The van der Waals surface area contributed by atoms with E-state index in [1.54, 1.807) is 19.2 Å². The minimum Gasteiger partial charge on any atom is -0.377 e. The number of ether oxygens (including phenoxy) is 1. The van der Waals surface area contributed by atoms with Gasteiger partial charge in [-0.05, 0) is 18.6 Å². The van der Waals surface area contributed by atoms with Crippen LogP contribution in [0.2, 0.25) is 0 Å². The van der Waals surface area contributed by atoms with Crippen LogP contribution in [0, 0.1) is 0 Å². The number of morpholine rings is 1. The molecule has 2 rings (SSSR count). The van der Waals surface area contributed by atoms with Crippen LogP contribution in [0.3, 0.4) is 0 Å². The summed E-state index contributed by atoms with van der Waals surface area (Å²) in [5.74, 6) is 0.584. The third-order valence-electron chi connectivity index (χ3n) is 3.10. The summed E-state index contributed by atoms with van der Waals surface area (Å²) in [6.45, 7) is 3.86. The molecular weight excluding hydrogens is 232 g/mol. The molecule has 0 aromatic carbocycles. The van der Waals surface area contributed by atoms with Crippen LogP contribution in [0.4, 0.5) is 5.82 Å². The predicted molar refractivity (Wildman–Crippen MR) is 67.5 cm³/mol. The second kappa shape index (κ2) is 5.77. The highest BCUT2D eigenvalue weighted by Gasteiger charge is 2.27. The van der Waals surface area contributed by atoms with E-state index < -0.39 is 0 Å². The molecule has 1 atom stereocenters. The molecule has 1 aliphatic heterocycles. The van der Waals surface area contributed by atoms with Gasteiger partial charge in [-0.15, -0.1) is 10.2 Å². The first kappa shape index (κ1) is 12.8. The van der Waals surface area contributed by atoms with Crippen molar-refractivity contribution in [3.63, 3.8) is 0 Å². The van der Waals surface area contributed by atoms with Crippen LogP contribution in [0.25, 0.3) is 0 Å². The van der Waals surface area contributed by atoms with Crippen molar-refractivity contribution in [3.8, 4) is 0 Å². The molecule has 2 heterocycles. The average Bonchev–Trinajstić information content (AvgIpc) is 2.46. The van der Waals surface area contributed by atoms with Gasteiger partial charge in [-0.2, -0.15) is 0 Å². The van der Waals surface area contributed by atoms with E-state index in [-0.39, 0.29) is 11.9 Å². The quantitative estimate of drug-likeness (QED) is 0.858. The van der Waals surface area contributed by atoms with Crippen LogP contribution in [0.1, 0.15) is 23.8 Å². The van der Waals surface area contributed by atoms with E-state index in [2.05, 4.69) is 22.4 Å². The number of rotatable bonds is 3.